The zero-order valence-electron chi connectivity index (χ0n) is 12.8. The molecule has 3 aromatic rings. The number of anilines is 1. The lowest BCUT2D eigenvalue weighted by atomic mass is 10.2. The number of carbonyl (C=O) groups excluding carboxylic acids is 1. The summed E-state index contributed by atoms with van der Waals surface area (Å²) in [5.74, 6) is -1.07. The third kappa shape index (κ3) is 4.07. The maximum absolute atomic E-state index is 13.1. The molecule has 6 nitrogen and oxygen atoms in total. The number of carbonyl (C=O) groups is 1. The van der Waals surface area contributed by atoms with E-state index in [1.165, 1.54) is 18.2 Å². The molecule has 0 saturated heterocycles. The Morgan fingerprint density at radius 1 is 1.24 bits per heavy atom. The van der Waals surface area contributed by atoms with Gasteiger partial charge in [0.15, 0.2) is 0 Å². The highest BCUT2D eigenvalue weighted by molar-refractivity contribution is 6.31. The Kier molecular flexibility index (Phi) is 4.85. The van der Waals surface area contributed by atoms with Crippen molar-refractivity contribution in [2.75, 3.05) is 5.32 Å². The first-order valence-electron chi connectivity index (χ1n) is 7.26. The molecule has 0 radical (unpaired) electrons. The minimum absolute atomic E-state index is 0.105. The number of amides is 1. The predicted molar refractivity (Wildman–Crippen MR) is 91.8 cm³/mol. The Morgan fingerprint density at radius 3 is 2.80 bits per heavy atom. The fourth-order valence-electron chi connectivity index (χ4n) is 2.14. The number of hydrogen-bond acceptors (Lipinski definition) is 4. The third-order valence-electron chi connectivity index (χ3n) is 3.32. The van der Waals surface area contributed by atoms with E-state index in [2.05, 4.69) is 15.4 Å². The van der Waals surface area contributed by atoms with Crippen LogP contribution in [-0.2, 0) is 11.3 Å². The molecular formula is C17H12ClFN4O2. The van der Waals surface area contributed by atoms with Gasteiger partial charge in [0.2, 0.25) is 5.91 Å². The number of aromatic nitrogens is 3. The zero-order valence-corrected chi connectivity index (χ0v) is 13.6. The van der Waals surface area contributed by atoms with Crippen molar-refractivity contribution in [2.24, 2.45) is 0 Å². The van der Waals surface area contributed by atoms with Crippen molar-refractivity contribution in [1.82, 2.24) is 14.8 Å². The van der Waals surface area contributed by atoms with Gasteiger partial charge in [-0.15, -0.1) is 0 Å². The number of benzene rings is 1. The maximum atomic E-state index is 13.1. The maximum Gasteiger partial charge on any atom is 0.267 e. The Balaban J connectivity index is 1.79. The standard InChI is InChI=1S/C17H12ClFN4O2/c18-13-8-12(3-4-14(13)19)21-16(24)10-23-17(25)6-5-15(22-23)11-2-1-7-20-9-11/h1-9H,10H2,(H,21,24). The van der Waals surface area contributed by atoms with E-state index in [1.807, 2.05) is 0 Å². The highest BCUT2D eigenvalue weighted by Gasteiger charge is 2.09. The summed E-state index contributed by atoms with van der Waals surface area (Å²) in [6.07, 6.45) is 3.23. The molecule has 0 atom stereocenters. The molecule has 25 heavy (non-hydrogen) atoms. The van der Waals surface area contributed by atoms with Gasteiger partial charge in [-0.25, -0.2) is 9.07 Å². The summed E-state index contributed by atoms with van der Waals surface area (Å²) in [4.78, 5) is 28.0. The molecule has 126 valence electrons. The SMILES string of the molecule is O=C(Cn1nc(-c2cccnc2)ccc1=O)Nc1ccc(F)c(Cl)c1. The molecule has 0 saturated carbocycles. The quantitative estimate of drug-likeness (QED) is 0.778. The number of rotatable bonds is 4. The van der Waals surface area contributed by atoms with E-state index in [4.69, 9.17) is 11.6 Å². The van der Waals surface area contributed by atoms with Crippen LogP contribution in [0.1, 0.15) is 0 Å². The summed E-state index contributed by atoms with van der Waals surface area (Å²) in [6.45, 7) is -0.290. The number of nitrogens with zero attached hydrogens (tertiary/aromatic N) is 3. The van der Waals surface area contributed by atoms with Gasteiger partial charge in [-0.05, 0) is 36.4 Å². The van der Waals surface area contributed by atoms with Crippen LogP contribution in [0, 0.1) is 5.82 Å². The van der Waals surface area contributed by atoms with E-state index in [1.54, 1.807) is 30.6 Å². The molecule has 1 amide bonds. The highest BCUT2D eigenvalue weighted by Crippen LogP contribution is 2.19. The third-order valence-corrected chi connectivity index (χ3v) is 3.61. The lowest BCUT2D eigenvalue weighted by Gasteiger charge is -2.08. The van der Waals surface area contributed by atoms with Crippen molar-refractivity contribution in [3.8, 4) is 11.3 Å². The van der Waals surface area contributed by atoms with Crippen LogP contribution in [-0.4, -0.2) is 20.7 Å². The molecule has 0 bridgehead atoms. The molecule has 0 aliphatic heterocycles. The minimum Gasteiger partial charge on any atom is -0.324 e. The van der Waals surface area contributed by atoms with Gasteiger partial charge in [0.1, 0.15) is 12.4 Å². The smallest absolute Gasteiger partial charge is 0.267 e. The van der Waals surface area contributed by atoms with Gasteiger partial charge in [0, 0.05) is 29.7 Å². The van der Waals surface area contributed by atoms with E-state index in [0.29, 0.717) is 11.4 Å². The van der Waals surface area contributed by atoms with Gasteiger partial charge in [-0.3, -0.25) is 14.6 Å². The average molecular weight is 359 g/mol. The van der Waals surface area contributed by atoms with E-state index in [0.717, 1.165) is 16.3 Å². The normalized spacial score (nSPS) is 10.5. The summed E-state index contributed by atoms with van der Waals surface area (Å²) >= 11 is 5.67. The van der Waals surface area contributed by atoms with E-state index >= 15 is 0 Å². The second-order valence-electron chi connectivity index (χ2n) is 5.13. The van der Waals surface area contributed by atoms with Gasteiger partial charge in [0.05, 0.1) is 10.7 Å². The topological polar surface area (TPSA) is 76.9 Å². The molecule has 1 aromatic carbocycles. The van der Waals surface area contributed by atoms with Crippen LogP contribution < -0.4 is 10.9 Å². The highest BCUT2D eigenvalue weighted by atomic mass is 35.5. The Morgan fingerprint density at radius 2 is 2.08 bits per heavy atom. The van der Waals surface area contributed by atoms with Crippen LogP contribution in [0.2, 0.25) is 5.02 Å². The van der Waals surface area contributed by atoms with Crippen LogP contribution in [0.25, 0.3) is 11.3 Å². The molecule has 8 heteroatoms. The predicted octanol–water partition coefficient (Wildman–Crippen LogP) is 2.74. The van der Waals surface area contributed by atoms with Gasteiger partial charge in [-0.1, -0.05) is 11.6 Å². The van der Waals surface area contributed by atoms with Crippen LogP contribution in [0.15, 0.2) is 59.7 Å². The van der Waals surface area contributed by atoms with Crippen molar-refractivity contribution < 1.29 is 9.18 Å². The van der Waals surface area contributed by atoms with E-state index in [-0.39, 0.29) is 11.6 Å². The van der Waals surface area contributed by atoms with Crippen molar-refractivity contribution in [2.45, 2.75) is 6.54 Å². The van der Waals surface area contributed by atoms with E-state index < -0.39 is 17.3 Å². The monoisotopic (exact) mass is 358 g/mol. The lowest BCUT2D eigenvalue weighted by Crippen LogP contribution is -2.29. The number of hydrogen-bond donors (Lipinski definition) is 1. The number of halogens is 2. The first-order valence-corrected chi connectivity index (χ1v) is 7.64. The Hall–Kier alpha value is -3.06. The molecule has 2 heterocycles. The summed E-state index contributed by atoms with van der Waals surface area (Å²) in [5, 5.41) is 6.61. The molecule has 0 fully saturated rings. The first-order chi connectivity index (χ1) is 12.0. The summed E-state index contributed by atoms with van der Waals surface area (Å²) in [7, 11) is 0. The van der Waals surface area contributed by atoms with Crippen LogP contribution in [0.4, 0.5) is 10.1 Å². The van der Waals surface area contributed by atoms with E-state index in [9.17, 15) is 14.0 Å². The van der Waals surface area contributed by atoms with Crippen molar-refractivity contribution >= 4 is 23.2 Å². The second kappa shape index (κ2) is 7.23. The Bertz CT molecular complexity index is 976. The number of nitrogens with one attached hydrogen (secondary N) is 1. The number of pyridine rings is 1. The van der Waals surface area contributed by atoms with Gasteiger partial charge in [0.25, 0.3) is 5.56 Å². The Labute approximate surface area is 146 Å². The van der Waals surface area contributed by atoms with Gasteiger partial charge < -0.3 is 5.32 Å². The molecular weight excluding hydrogens is 347 g/mol. The molecule has 0 unspecified atom stereocenters. The molecule has 2 aromatic heterocycles. The fourth-order valence-corrected chi connectivity index (χ4v) is 2.32. The van der Waals surface area contributed by atoms with Crippen LogP contribution in [0.3, 0.4) is 0 Å². The van der Waals surface area contributed by atoms with Gasteiger partial charge >= 0.3 is 0 Å². The van der Waals surface area contributed by atoms with Crippen molar-refractivity contribution in [3.63, 3.8) is 0 Å². The van der Waals surface area contributed by atoms with Crippen molar-refractivity contribution in [3.05, 3.63) is 76.1 Å². The summed E-state index contributed by atoms with van der Waals surface area (Å²) in [5.41, 5.74) is 1.15. The zero-order chi connectivity index (χ0) is 17.8. The van der Waals surface area contributed by atoms with Crippen molar-refractivity contribution in [1.29, 1.82) is 0 Å². The first kappa shape index (κ1) is 16.8. The molecule has 0 aliphatic carbocycles. The molecule has 0 aliphatic rings. The molecule has 3 rings (SSSR count). The van der Waals surface area contributed by atoms with Gasteiger partial charge in [-0.2, -0.15) is 5.10 Å². The summed E-state index contributed by atoms with van der Waals surface area (Å²) < 4.78 is 14.2. The fraction of sp³-hybridized carbons (Fsp3) is 0.0588. The second-order valence-corrected chi connectivity index (χ2v) is 5.54. The molecule has 0 spiro atoms. The largest absolute Gasteiger partial charge is 0.324 e. The summed E-state index contributed by atoms with van der Waals surface area (Å²) in [6, 6.07) is 10.2. The lowest BCUT2D eigenvalue weighted by molar-refractivity contribution is -0.117. The molecule has 1 N–H and O–H groups in total. The van der Waals surface area contributed by atoms with Crippen LogP contribution >= 0.6 is 11.6 Å². The van der Waals surface area contributed by atoms with Crippen LogP contribution in [0.5, 0.6) is 0 Å². The minimum atomic E-state index is -0.582. The average Bonchev–Trinajstić information content (AvgIpc) is 2.61.